The van der Waals surface area contributed by atoms with E-state index in [1.54, 1.807) is 0 Å². The summed E-state index contributed by atoms with van der Waals surface area (Å²) < 4.78 is 5.15. The van der Waals surface area contributed by atoms with Gasteiger partial charge in [0.05, 0.1) is 18.7 Å². The second-order valence-corrected chi connectivity index (χ2v) is 7.02. The monoisotopic (exact) mass is 407 g/mol. The average Bonchev–Trinajstić information content (AvgIpc) is 3.27. The highest BCUT2D eigenvalue weighted by Crippen LogP contribution is 2.15. The molecule has 156 valence electrons. The molecule has 0 bridgehead atoms. The van der Waals surface area contributed by atoms with E-state index < -0.39 is 12.1 Å². The van der Waals surface area contributed by atoms with Crippen LogP contribution < -0.4 is 5.32 Å². The number of esters is 1. The summed E-state index contributed by atoms with van der Waals surface area (Å²) in [6.07, 6.45) is -0.352. The highest BCUT2D eigenvalue weighted by molar-refractivity contribution is 6.02. The first-order valence-corrected chi connectivity index (χ1v) is 9.97. The van der Waals surface area contributed by atoms with Crippen LogP contribution in [0.2, 0.25) is 0 Å². The summed E-state index contributed by atoms with van der Waals surface area (Å²) in [5.41, 5.74) is 2.80. The molecule has 0 spiro atoms. The molecule has 0 saturated carbocycles. The van der Waals surface area contributed by atoms with Crippen LogP contribution in [-0.2, 0) is 25.7 Å². The third kappa shape index (κ3) is 6.01. The van der Waals surface area contributed by atoms with E-state index in [0.717, 1.165) is 16.8 Å². The van der Waals surface area contributed by atoms with Crippen molar-refractivity contribution in [2.75, 3.05) is 6.54 Å². The molecule has 1 N–H and O–H groups in total. The highest BCUT2D eigenvalue weighted by atomic mass is 16.5. The van der Waals surface area contributed by atoms with Crippen LogP contribution in [0.4, 0.5) is 0 Å². The molecular weight excluding hydrogens is 382 g/mol. The fraction of sp³-hybridized carbons (Fsp3) is 0.304. The Morgan fingerprint density at radius 3 is 2.40 bits per heavy atom. The van der Waals surface area contributed by atoms with Crippen molar-refractivity contribution in [3.8, 4) is 0 Å². The van der Waals surface area contributed by atoms with Crippen LogP contribution in [0.25, 0.3) is 0 Å². The molecule has 1 aliphatic rings. The van der Waals surface area contributed by atoms with E-state index >= 15 is 0 Å². The van der Waals surface area contributed by atoms with Gasteiger partial charge in [-0.1, -0.05) is 60.7 Å². The highest BCUT2D eigenvalue weighted by Gasteiger charge is 2.23. The summed E-state index contributed by atoms with van der Waals surface area (Å²) in [6.45, 7) is 2.37. The van der Waals surface area contributed by atoms with E-state index in [-0.39, 0.29) is 24.7 Å². The van der Waals surface area contributed by atoms with Gasteiger partial charge in [-0.3, -0.25) is 14.4 Å². The van der Waals surface area contributed by atoms with Crippen LogP contribution in [0.15, 0.2) is 65.8 Å². The summed E-state index contributed by atoms with van der Waals surface area (Å²) in [6, 6.07) is 19.1. The average molecular weight is 407 g/mol. The first-order valence-electron chi connectivity index (χ1n) is 9.97. The first kappa shape index (κ1) is 21.2. The van der Waals surface area contributed by atoms with Gasteiger partial charge in [0.2, 0.25) is 5.91 Å². The number of nitrogens with one attached hydrogen (secondary N) is 1. The lowest BCUT2D eigenvalue weighted by molar-refractivity contribution is -0.155. The Bertz CT molecular complexity index is 913. The van der Waals surface area contributed by atoms with E-state index in [9.17, 15) is 14.4 Å². The summed E-state index contributed by atoms with van der Waals surface area (Å²) in [5, 5.41) is 8.48. The molecule has 1 aliphatic heterocycles. The fourth-order valence-electron chi connectivity index (χ4n) is 3.05. The van der Waals surface area contributed by atoms with E-state index in [2.05, 4.69) is 10.4 Å². The van der Waals surface area contributed by atoms with Gasteiger partial charge in [-0.2, -0.15) is 5.10 Å². The molecule has 7 nitrogen and oxygen atoms in total. The summed E-state index contributed by atoms with van der Waals surface area (Å²) in [7, 11) is 0. The molecule has 1 unspecified atom stereocenters. The van der Waals surface area contributed by atoms with E-state index in [0.29, 0.717) is 19.5 Å². The first-order chi connectivity index (χ1) is 14.5. The third-order valence-electron chi connectivity index (χ3n) is 4.73. The van der Waals surface area contributed by atoms with Crippen molar-refractivity contribution in [1.29, 1.82) is 0 Å². The van der Waals surface area contributed by atoms with Gasteiger partial charge in [-0.15, -0.1) is 0 Å². The fourth-order valence-corrected chi connectivity index (χ4v) is 3.05. The Balaban J connectivity index is 1.40. The van der Waals surface area contributed by atoms with Crippen molar-refractivity contribution >= 4 is 23.5 Å². The van der Waals surface area contributed by atoms with Crippen LogP contribution in [0.1, 0.15) is 37.3 Å². The molecule has 1 atom stereocenters. The molecule has 0 saturated heterocycles. The lowest BCUT2D eigenvalue weighted by Crippen LogP contribution is -2.35. The minimum absolute atomic E-state index is 0.0112. The molecule has 7 heteroatoms. The Labute approximate surface area is 175 Å². The quantitative estimate of drug-likeness (QED) is 0.682. The second-order valence-electron chi connectivity index (χ2n) is 7.02. The van der Waals surface area contributed by atoms with Crippen molar-refractivity contribution < 1.29 is 19.1 Å². The van der Waals surface area contributed by atoms with Gasteiger partial charge in [-0.25, -0.2) is 5.01 Å². The molecule has 0 fully saturated rings. The Kier molecular flexibility index (Phi) is 7.32. The van der Waals surface area contributed by atoms with Crippen LogP contribution >= 0.6 is 0 Å². The third-order valence-corrected chi connectivity index (χ3v) is 4.73. The summed E-state index contributed by atoms with van der Waals surface area (Å²) in [4.78, 5) is 36.5. The molecule has 0 aliphatic carbocycles. The number of ether oxygens (including phenoxy) is 1. The molecule has 2 aromatic rings. The Hall–Kier alpha value is -3.48. The van der Waals surface area contributed by atoms with Gasteiger partial charge >= 0.3 is 5.97 Å². The van der Waals surface area contributed by atoms with Gasteiger partial charge in [-0.05, 0) is 18.1 Å². The van der Waals surface area contributed by atoms with Gasteiger partial charge in [0.25, 0.3) is 5.91 Å². The van der Waals surface area contributed by atoms with Gasteiger partial charge in [0.15, 0.2) is 6.10 Å². The predicted molar refractivity (Wildman–Crippen MR) is 112 cm³/mol. The maximum absolute atomic E-state index is 12.3. The zero-order valence-electron chi connectivity index (χ0n) is 16.9. The smallest absolute Gasteiger partial charge is 0.307 e. The van der Waals surface area contributed by atoms with Gasteiger partial charge in [0.1, 0.15) is 0 Å². The van der Waals surface area contributed by atoms with Crippen molar-refractivity contribution in [3.63, 3.8) is 0 Å². The second kappa shape index (κ2) is 10.3. The lowest BCUT2D eigenvalue weighted by Gasteiger charge is -2.14. The van der Waals surface area contributed by atoms with Crippen LogP contribution in [0.3, 0.4) is 0 Å². The number of hydrogen-bond acceptors (Lipinski definition) is 5. The Morgan fingerprint density at radius 2 is 1.70 bits per heavy atom. The number of rotatable bonds is 8. The van der Waals surface area contributed by atoms with Crippen LogP contribution in [0, 0.1) is 0 Å². The maximum atomic E-state index is 12.3. The zero-order valence-corrected chi connectivity index (χ0v) is 16.9. The largest absolute Gasteiger partial charge is 0.453 e. The van der Waals surface area contributed by atoms with Crippen molar-refractivity contribution in [2.24, 2.45) is 5.10 Å². The molecule has 30 heavy (non-hydrogen) atoms. The number of carbonyl (C=O) groups excluding carboxylic acids is 3. The maximum Gasteiger partial charge on any atom is 0.307 e. The normalized spacial score (nSPS) is 14.0. The number of carbonyl (C=O) groups is 3. The number of hydrogen-bond donors (Lipinski definition) is 1. The molecule has 0 aromatic heterocycles. The minimum Gasteiger partial charge on any atom is -0.453 e. The number of benzene rings is 2. The molecular formula is C23H25N3O4. The molecule has 0 radical (unpaired) electrons. The van der Waals surface area contributed by atoms with Crippen LogP contribution in [0.5, 0.6) is 0 Å². The minimum atomic E-state index is -0.925. The number of hydrazone groups is 1. The predicted octanol–water partition coefficient (Wildman–Crippen LogP) is 2.65. The summed E-state index contributed by atoms with van der Waals surface area (Å²) >= 11 is 0. The number of nitrogens with zero attached hydrogens (tertiary/aromatic N) is 2. The number of amides is 2. The van der Waals surface area contributed by atoms with Crippen molar-refractivity contribution in [2.45, 2.75) is 38.8 Å². The van der Waals surface area contributed by atoms with Crippen LogP contribution in [-0.4, -0.2) is 41.2 Å². The summed E-state index contributed by atoms with van der Waals surface area (Å²) in [5.74, 6) is -1.20. The van der Waals surface area contributed by atoms with Gasteiger partial charge < -0.3 is 10.1 Å². The topological polar surface area (TPSA) is 88.1 Å². The molecule has 2 aromatic carbocycles. The molecule has 2 amide bonds. The van der Waals surface area contributed by atoms with Crippen molar-refractivity contribution in [3.05, 3.63) is 71.8 Å². The SMILES string of the molecule is CC(OC(=O)CCC(=O)N1CCC(c2ccccc2)=N1)C(=O)NCc1ccccc1. The standard InChI is InChI=1S/C23H25N3O4/c1-17(23(29)24-16-18-8-4-2-5-9-18)30-22(28)13-12-21(27)26-15-14-20(25-26)19-10-6-3-7-11-19/h2-11,17H,12-16H2,1H3,(H,24,29). The molecule has 1 heterocycles. The van der Waals surface area contributed by atoms with Gasteiger partial charge in [0, 0.05) is 19.4 Å². The van der Waals surface area contributed by atoms with E-state index in [4.69, 9.17) is 4.74 Å². The Morgan fingerprint density at radius 1 is 1.03 bits per heavy atom. The van der Waals surface area contributed by atoms with E-state index in [1.165, 1.54) is 11.9 Å². The van der Waals surface area contributed by atoms with E-state index in [1.807, 2.05) is 60.7 Å². The lowest BCUT2D eigenvalue weighted by atomic mass is 10.1. The zero-order chi connectivity index (χ0) is 21.3. The molecule has 3 rings (SSSR count). The van der Waals surface area contributed by atoms with Crippen molar-refractivity contribution in [1.82, 2.24) is 10.3 Å².